The van der Waals surface area contributed by atoms with Gasteiger partial charge in [0.05, 0.1) is 18.8 Å². The molecule has 0 saturated carbocycles. The second-order valence-corrected chi connectivity index (χ2v) is 6.64. The first-order chi connectivity index (χ1) is 12.3. The Morgan fingerprint density at radius 1 is 0.880 bits per heavy atom. The molecular weight excluding hydrogens is 312 g/mol. The van der Waals surface area contributed by atoms with Crippen molar-refractivity contribution in [3.05, 3.63) is 66.2 Å². The summed E-state index contributed by atoms with van der Waals surface area (Å²) in [6, 6.07) is 21.2. The Hall–Kier alpha value is -2.37. The van der Waals surface area contributed by atoms with Crippen LogP contribution in [0.3, 0.4) is 0 Å². The summed E-state index contributed by atoms with van der Waals surface area (Å²) in [6.07, 6.45) is -0.0295. The molecule has 0 spiro atoms. The molecule has 2 aromatic carbocycles. The number of nitrogens with one attached hydrogen (secondary N) is 2. The highest BCUT2D eigenvalue weighted by molar-refractivity contribution is 5.80. The van der Waals surface area contributed by atoms with Gasteiger partial charge in [0.1, 0.15) is 0 Å². The van der Waals surface area contributed by atoms with Crippen molar-refractivity contribution < 1.29 is 4.79 Å². The standard InChI is InChI=1S/C20H24N4O/c25-18-15-21-20(22-18)19(16-7-3-1-4-8-16)24-13-11-23(12-14-24)17-9-5-2-6-10-17/h1-10,19-21H,11-15H2,(H,22,25). The smallest absolute Gasteiger partial charge is 0.235 e. The molecule has 0 bridgehead atoms. The van der Waals surface area contributed by atoms with Crippen LogP contribution >= 0.6 is 0 Å². The fourth-order valence-electron chi connectivity index (χ4n) is 3.83. The predicted octanol–water partition coefficient (Wildman–Crippen LogP) is 1.60. The minimum absolute atomic E-state index is 0.0295. The Kier molecular flexibility index (Phi) is 4.68. The van der Waals surface area contributed by atoms with Gasteiger partial charge in [0.15, 0.2) is 0 Å². The number of benzene rings is 2. The molecule has 2 atom stereocenters. The Morgan fingerprint density at radius 3 is 2.12 bits per heavy atom. The first-order valence-electron chi connectivity index (χ1n) is 8.93. The number of nitrogens with zero attached hydrogens (tertiary/aromatic N) is 2. The van der Waals surface area contributed by atoms with E-state index in [4.69, 9.17) is 0 Å². The van der Waals surface area contributed by atoms with E-state index >= 15 is 0 Å². The molecule has 2 aliphatic rings. The van der Waals surface area contributed by atoms with Crippen molar-refractivity contribution in [3.8, 4) is 0 Å². The molecule has 2 N–H and O–H groups in total. The Bertz CT molecular complexity index is 698. The SMILES string of the molecule is O=C1CNC(C(c2ccccc2)N2CCN(c3ccccc3)CC2)N1. The summed E-state index contributed by atoms with van der Waals surface area (Å²) in [4.78, 5) is 16.6. The van der Waals surface area contributed by atoms with Crippen LogP contribution in [0, 0.1) is 0 Å². The molecule has 2 aliphatic heterocycles. The highest BCUT2D eigenvalue weighted by Crippen LogP contribution is 2.27. The number of piperazine rings is 1. The van der Waals surface area contributed by atoms with E-state index in [0.29, 0.717) is 6.54 Å². The summed E-state index contributed by atoms with van der Waals surface area (Å²) in [6.45, 7) is 4.34. The number of anilines is 1. The zero-order chi connectivity index (χ0) is 17.1. The Morgan fingerprint density at radius 2 is 1.52 bits per heavy atom. The lowest BCUT2D eigenvalue weighted by molar-refractivity contribution is -0.118. The van der Waals surface area contributed by atoms with Crippen molar-refractivity contribution in [3.63, 3.8) is 0 Å². The van der Waals surface area contributed by atoms with Gasteiger partial charge in [-0.25, -0.2) is 0 Å². The summed E-state index contributed by atoms with van der Waals surface area (Å²) in [5, 5.41) is 6.42. The van der Waals surface area contributed by atoms with Crippen LogP contribution in [0.2, 0.25) is 0 Å². The average molecular weight is 336 g/mol. The first-order valence-corrected chi connectivity index (χ1v) is 8.93. The fraction of sp³-hybridized carbons (Fsp3) is 0.350. The molecule has 25 heavy (non-hydrogen) atoms. The topological polar surface area (TPSA) is 47.6 Å². The number of carbonyl (C=O) groups is 1. The second kappa shape index (κ2) is 7.25. The van der Waals surface area contributed by atoms with E-state index in [0.717, 1.165) is 26.2 Å². The maximum absolute atomic E-state index is 11.7. The van der Waals surface area contributed by atoms with Crippen molar-refractivity contribution in [2.45, 2.75) is 12.2 Å². The molecule has 0 aromatic heterocycles. The summed E-state index contributed by atoms with van der Waals surface area (Å²) < 4.78 is 0. The number of hydrogen-bond acceptors (Lipinski definition) is 4. The van der Waals surface area contributed by atoms with E-state index in [9.17, 15) is 4.79 Å². The second-order valence-electron chi connectivity index (χ2n) is 6.64. The van der Waals surface area contributed by atoms with Gasteiger partial charge in [-0.1, -0.05) is 48.5 Å². The van der Waals surface area contributed by atoms with Crippen molar-refractivity contribution in [1.29, 1.82) is 0 Å². The largest absolute Gasteiger partial charge is 0.369 e. The average Bonchev–Trinajstić information content (AvgIpc) is 3.10. The van der Waals surface area contributed by atoms with Gasteiger partial charge in [0.25, 0.3) is 0 Å². The quantitative estimate of drug-likeness (QED) is 0.890. The van der Waals surface area contributed by atoms with E-state index in [1.54, 1.807) is 0 Å². The van der Waals surface area contributed by atoms with Crippen LogP contribution in [0.5, 0.6) is 0 Å². The molecule has 2 unspecified atom stereocenters. The molecule has 0 radical (unpaired) electrons. The number of amides is 1. The minimum Gasteiger partial charge on any atom is -0.369 e. The number of carbonyl (C=O) groups excluding carboxylic acids is 1. The van der Waals surface area contributed by atoms with Gasteiger partial charge in [-0.3, -0.25) is 15.0 Å². The van der Waals surface area contributed by atoms with Crippen LogP contribution in [0.15, 0.2) is 60.7 Å². The summed E-state index contributed by atoms with van der Waals surface area (Å²) in [5.74, 6) is 0.0776. The maximum atomic E-state index is 11.7. The van der Waals surface area contributed by atoms with Crippen LogP contribution in [0.25, 0.3) is 0 Å². The first kappa shape index (κ1) is 16.1. The summed E-state index contributed by atoms with van der Waals surface area (Å²) >= 11 is 0. The predicted molar refractivity (Wildman–Crippen MR) is 99.3 cm³/mol. The molecule has 0 aliphatic carbocycles. The summed E-state index contributed by atoms with van der Waals surface area (Å²) in [7, 11) is 0. The number of rotatable bonds is 4. The molecule has 2 fully saturated rings. The van der Waals surface area contributed by atoms with E-state index in [1.165, 1.54) is 11.3 Å². The molecule has 5 nitrogen and oxygen atoms in total. The van der Waals surface area contributed by atoms with Crippen molar-refractivity contribution >= 4 is 11.6 Å². The van der Waals surface area contributed by atoms with Crippen LogP contribution < -0.4 is 15.5 Å². The lowest BCUT2D eigenvalue weighted by atomic mass is 10.0. The molecule has 130 valence electrons. The zero-order valence-corrected chi connectivity index (χ0v) is 14.3. The Balaban J connectivity index is 1.50. The van der Waals surface area contributed by atoms with Crippen LogP contribution in [0.4, 0.5) is 5.69 Å². The number of hydrogen-bond donors (Lipinski definition) is 2. The third-order valence-electron chi connectivity index (χ3n) is 5.08. The van der Waals surface area contributed by atoms with Crippen LogP contribution in [0.1, 0.15) is 11.6 Å². The van der Waals surface area contributed by atoms with Crippen molar-refractivity contribution in [2.24, 2.45) is 0 Å². The normalized spacial score (nSPS) is 22.6. The van der Waals surface area contributed by atoms with Gasteiger partial charge in [0, 0.05) is 31.9 Å². The van der Waals surface area contributed by atoms with Crippen molar-refractivity contribution in [2.75, 3.05) is 37.6 Å². The zero-order valence-electron chi connectivity index (χ0n) is 14.3. The molecule has 2 saturated heterocycles. The van der Waals surface area contributed by atoms with Gasteiger partial charge < -0.3 is 10.2 Å². The van der Waals surface area contributed by atoms with Crippen LogP contribution in [-0.4, -0.2) is 49.7 Å². The third-order valence-corrected chi connectivity index (χ3v) is 5.08. The van der Waals surface area contributed by atoms with E-state index < -0.39 is 0 Å². The maximum Gasteiger partial charge on any atom is 0.235 e. The van der Waals surface area contributed by atoms with E-state index in [1.807, 2.05) is 6.07 Å². The molecule has 1 amide bonds. The molecule has 5 heteroatoms. The third kappa shape index (κ3) is 3.52. The summed E-state index contributed by atoms with van der Waals surface area (Å²) in [5.41, 5.74) is 2.53. The number of para-hydroxylation sites is 1. The Labute approximate surface area is 148 Å². The van der Waals surface area contributed by atoms with Crippen LogP contribution in [-0.2, 0) is 4.79 Å². The van der Waals surface area contributed by atoms with E-state index in [2.05, 4.69) is 75.0 Å². The van der Waals surface area contributed by atoms with E-state index in [-0.39, 0.29) is 18.1 Å². The lowest BCUT2D eigenvalue weighted by Crippen LogP contribution is -2.53. The molecular formula is C20H24N4O. The van der Waals surface area contributed by atoms with Gasteiger partial charge >= 0.3 is 0 Å². The highest BCUT2D eigenvalue weighted by atomic mass is 16.2. The van der Waals surface area contributed by atoms with Gasteiger partial charge in [0.2, 0.25) is 5.91 Å². The monoisotopic (exact) mass is 336 g/mol. The van der Waals surface area contributed by atoms with Crippen molar-refractivity contribution in [1.82, 2.24) is 15.5 Å². The molecule has 2 heterocycles. The van der Waals surface area contributed by atoms with Gasteiger partial charge in [-0.2, -0.15) is 0 Å². The minimum atomic E-state index is -0.0295. The lowest BCUT2D eigenvalue weighted by Gasteiger charge is -2.42. The fourth-order valence-corrected chi connectivity index (χ4v) is 3.83. The molecule has 2 aromatic rings. The molecule has 4 rings (SSSR count). The van der Waals surface area contributed by atoms with Gasteiger partial charge in [-0.05, 0) is 17.7 Å². The van der Waals surface area contributed by atoms with Gasteiger partial charge in [-0.15, -0.1) is 0 Å². The highest BCUT2D eigenvalue weighted by Gasteiger charge is 2.35.